The third kappa shape index (κ3) is 3.22. The van der Waals surface area contributed by atoms with Crippen LogP contribution in [0.3, 0.4) is 0 Å². The maximum atomic E-state index is 3.32. The Hall–Kier alpha value is -1.02. The molecule has 0 spiro atoms. The van der Waals surface area contributed by atoms with Crippen molar-refractivity contribution < 1.29 is 0 Å². The van der Waals surface area contributed by atoms with Crippen molar-refractivity contribution in [3.05, 3.63) is 29.8 Å². The third-order valence-electron chi connectivity index (χ3n) is 3.78. The maximum absolute atomic E-state index is 3.32. The zero-order chi connectivity index (χ0) is 12.1. The standard InChI is InChI=1S/C15H24N2/c1-13(16-2)10-12-17-11-6-5-8-14-7-3-4-9-15(14)17/h3-4,7,9,13,16H,5-6,8,10-12H2,1-2H3. The molecular formula is C15H24N2. The van der Waals surface area contributed by atoms with E-state index in [9.17, 15) is 0 Å². The van der Waals surface area contributed by atoms with Gasteiger partial charge in [0.1, 0.15) is 0 Å². The Balaban J connectivity index is 2.06. The van der Waals surface area contributed by atoms with E-state index in [0.29, 0.717) is 6.04 Å². The number of para-hydroxylation sites is 1. The fourth-order valence-corrected chi connectivity index (χ4v) is 2.50. The van der Waals surface area contributed by atoms with Crippen LogP contribution in [0, 0.1) is 0 Å². The molecule has 0 saturated heterocycles. The zero-order valence-electron chi connectivity index (χ0n) is 11.1. The van der Waals surface area contributed by atoms with Gasteiger partial charge in [-0.15, -0.1) is 0 Å². The van der Waals surface area contributed by atoms with E-state index in [4.69, 9.17) is 0 Å². The fraction of sp³-hybridized carbons (Fsp3) is 0.600. The van der Waals surface area contributed by atoms with Crippen LogP contribution in [0.15, 0.2) is 24.3 Å². The van der Waals surface area contributed by atoms with Gasteiger partial charge in [0.25, 0.3) is 0 Å². The van der Waals surface area contributed by atoms with Gasteiger partial charge in [-0.2, -0.15) is 0 Å². The summed E-state index contributed by atoms with van der Waals surface area (Å²) in [5.74, 6) is 0. The van der Waals surface area contributed by atoms with Gasteiger partial charge in [0.2, 0.25) is 0 Å². The van der Waals surface area contributed by atoms with Crippen LogP contribution < -0.4 is 10.2 Å². The van der Waals surface area contributed by atoms with E-state index in [1.54, 1.807) is 0 Å². The van der Waals surface area contributed by atoms with E-state index >= 15 is 0 Å². The Morgan fingerprint density at radius 3 is 2.94 bits per heavy atom. The molecule has 94 valence electrons. The van der Waals surface area contributed by atoms with Crippen LogP contribution in [-0.2, 0) is 6.42 Å². The van der Waals surface area contributed by atoms with Crippen molar-refractivity contribution in [2.45, 2.75) is 38.6 Å². The summed E-state index contributed by atoms with van der Waals surface area (Å²) in [6.07, 6.45) is 5.11. The molecule has 1 N–H and O–H groups in total. The predicted molar refractivity (Wildman–Crippen MR) is 74.7 cm³/mol. The summed E-state index contributed by atoms with van der Waals surface area (Å²) in [5.41, 5.74) is 3.00. The van der Waals surface area contributed by atoms with Crippen molar-refractivity contribution in [1.29, 1.82) is 0 Å². The van der Waals surface area contributed by atoms with Crippen LogP contribution in [-0.4, -0.2) is 26.2 Å². The van der Waals surface area contributed by atoms with Crippen LogP contribution in [0.5, 0.6) is 0 Å². The van der Waals surface area contributed by atoms with Gasteiger partial charge in [-0.25, -0.2) is 0 Å². The number of hydrogen-bond acceptors (Lipinski definition) is 2. The highest BCUT2D eigenvalue weighted by Crippen LogP contribution is 2.26. The monoisotopic (exact) mass is 232 g/mol. The van der Waals surface area contributed by atoms with Crippen molar-refractivity contribution in [3.8, 4) is 0 Å². The molecule has 1 aromatic rings. The van der Waals surface area contributed by atoms with Crippen molar-refractivity contribution in [1.82, 2.24) is 5.32 Å². The molecule has 0 saturated carbocycles. The van der Waals surface area contributed by atoms with Gasteiger partial charge < -0.3 is 10.2 Å². The van der Waals surface area contributed by atoms with Gasteiger partial charge >= 0.3 is 0 Å². The first kappa shape index (κ1) is 12.4. The van der Waals surface area contributed by atoms with Crippen molar-refractivity contribution in [3.63, 3.8) is 0 Å². The van der Waals surface area contributed by atoms with Crippen molar-refractivity contribution in [2.24, 2.45) is 0 Å². The van der Waals surface area contributed by atoms with Crippen LogP contribution in [0.2, 0.25) is 0 Å². The van der Waals surface area contributed by atoms with Gasteiger partial charge in [0.15, 0.2) is 0 Å². The molecule has 0 aromatic heterocycles. The first-order valence-electron chi connectivity index (χ1n) is 6.81. The summed E-state index contributed by atoms with van der Waals surface area (Å²) in [6, 6.07) is 9.50. The highest BCUT2D eigenvalue weighted by Gasteiger charge is 2.14. The first-order chi connectivity index (χ1) is 8.31. The fourth-order valence-electron chi connectivity index (χ4n) is 2.50. The summed E-state index contributed by atoms with van der Waals surface area (Å²) in [5, 5.41) is 3.32. The van der Waals surface area contributed by atoms with Crippen LogP contribution in [0.25, 0.3) is 0 Å². The highest BCUT2D eigenvalue weighted by molar-refractivity contribution is 5.54. The van der Waals surface area contributed by atoms with Crippen molar-refractivity contribution >= 4 is 5.69 Å². The van der Waals surface area contributed by atoms with Gasteiger partial charge in [-0.3, -0.25) is 0 Å². The summed E-state index contributed by atoms with van der Waals surface area (Å²) in [6.45, 7) is 4.64. The number of nitrogens with zero attached hydrogens (tertiary/aromatic N) is 1. The van der Waals surface area contributed by atoms with E-state index in [0.717, 1.165) is 0 Å². The molecule has 17 heavy (non-hydrogen) atoms. The van der Waals surface area contributed by atoms with E-state index in [1.807, 2.05) is 7.05 Å². The minimum atomic E-state index is 0.602. The summed E-state index contributed by atoms with van der Waals surface area (Å²) < 4.78 is 0. The predicted octanol–water partition coefficient (Wildman–Crippen LogP) is 2.83. The molecular weight excluding hydrogens is 208 g/mol. The number of hydrogen-bond donors (Lipinski definition) is 1. The Labute approximate surface area is 105 Å². The minimum absolute atomic E-state index is 0.602. The van der Waals surface area contributed by atoms with E-state index in [2.05, 4.69) is 41.4 Å². The number of aryl methyl sites for hydroxylation is 1. The maximum Gasteiger partial charge on any atom is 0.0398 e. The molecule has 2 nitrogen and oxygen atoms in total. The second-order valence-electron chi connectivity index (χ2n) is 5.05. The summed E-state index contributed by atoms with van der Waals surface area (Å²) in [7, 11) is 2.04. The second kappa shape index (κ2) is 6.06. The molecule has 0 radical (unpaired) electrons. The molecule has 1 aromatic carbocycles. The third-order valence-corrected chi connectivity index (χ3v) is 3.78. The lowest BCUT2D eigenvalue weighted by atomic mass is 10.1. The van der Waals surface area contributed by atoms with Crippen LogP contribution in [0.4, 0.5) is 5.69 Å². The lowest BCUT2D eigenvalue weighted by Crippen LogP contribution is -2.31. The van der Waals surface area contributed by atoms with Gasteiger partial charge in [-0.1, -0.05) is 18.2 Å². The number of rotatable bonds is 4. The molecule has 1 heterocycles. The largest absolute Gasteiger partial charge is 0.371 e. The average molecular weight is 232 g/mol. The second-order valence-corrected chi connectivity index (χ2v) is 5.05. The summed E-state index contributed by atoms with van der Waals surface area (Å²) >= 11 is 0. The number of nitrogens with one attached hydrogen (secondary N) is 1. The van der Waals surface area contributed by atoms with Crippen LogP contribution in [0.1, 0.15) is 31.7 Å². The lowest BCUT2D eigenvalue weighted by molar-refractivity contribution is 0.553. The Kier molecular flexibility index (Phi) is 4.43. The molecule has 1 unspecified atom stereocenters. The van der Waals surface area contributed by atoms with Gasteiger partial charge in [0.05, 0.1) is 0 Å². The number of fused-ring (bicyclic) bond motifs is 1. The molecule has 0 bridgehead atoms. The lowest BCUT2D eigenvalue weighted by Gasteiger charge is -2.26. The van der Waals surface area contributed by atoms with Gasteiger partial charge in [-0.05, 0) is 51.3 Å². The highest BCUT2D eigenvalue weighted by atomic mass is 15.1. The van der Waals surface area contributed by atoms with Crippen molar-refractivity contribution in [2.75, 3.05) is 25.0 Å². The Morgan fingerprint density at radius 2 is 2.12 bits per heavy atom. The van der Waals surface area contributed by atoms with E-state index in [-0.39, 0.29) is 0 Å². The number of anilines is 1. The smallest absolute Gasteiger partial charge is 0.0398 e. The van der Waals surface area contributed by atoms with E-state index < -0.39 is 0 Å². The minimum Gasteiger partial charge on any atom is -0.371 e. The molecule has 2 rings (SSSR count). The molecule has 0 fully saturated rings. The Bertz CT molecular complexity index is 349. The molecule has 1 atom stereocenters. The molecule has 1 aliphatic heterocycles. The molecule has 1 aliphatic rings. The molecule has 0 amide bonds. The SMILES string of the molecule is CNC(C)CCN1CCCCc2ccccc21. The molecule has 0 aliphatic carbocycles. The Morgan fingerprint density at radius 1 is 1.29 bits per heavy atom. The van der Waals surface area contributed by atoms with E-state index in [1.165, 1.54) is 50.0 Å². The average Bonchev–Trinajstić information content (AvgIpc) is 2.58. The van der Waals surface area contributed by atoms with Gasteiger partial charge in [0, 0.05) is 24.8 Å². The van der Waals surface area contributed by atoms with Crippen LogP contribution >= 0.6 is 0 Å². The first-order valence-corrected chi connectivity index (χ1v) is 6.81. The zero-order valence-corrected chi connectivity index (χ0v) is 11.1. The molecule has 2 heteroatoms. The quantitative estimate of drug-likeness (QED) is 0.858. The topological polar surface area (TPSA) is 15.3 Å². The number of benzene rings is 1. The summed E-state index contributed by atoms with van der Waals surface area (Å²) in [4.78, 5) is 2.57. The normalized spacial score (nSPS) is 17.4.